The first-order valence-electron chi connectivity index (χ1n) is 6.00. The molecule has 2 aromatic carbocycles. The maximum Gasteiger partial charge on any atom is 0.277 e. The number of benzene rings is 2. The molecule has 3 N–H and O–H groups in total. The van der Waals surface area contributed by atoms with E-state index in [1.807, 2.05) is 31.2 Å². The molecule has 3 aromatic rings. The molecule has 0 fully saturated rings. The normalized spacial score (nSPS) is 10.8. The minimum atomic E-state index is -0.388. The topological polar surface area (TPSA) is 95.0 Å². The molecule has 20 heavy (non-hydrogen) atoms. The van der Waals surface area contributed by atoms with Crippen LogP contribution in [0.1, 0.15) is 5.56 Å². The van der Waals surface area contributed by atoms with E-state index in [4.69, 9.17) is 5.41 Å². The SMILES string of the molecule is Cc1ccccc1-c1cc2nn(O)c(=N)nc2cc1O. The van der Waals surface area contributed by atoms with Crippen LogP contribution in [0.3, 0.4) is 0 Å². The second-order valence-corrected chi connectivity index (χ2v) is 4.50. The zero-order chi connectivity index (χ0) is 14.3. The number of nitrogens with zero attached hydrogens (tertiary/aromatic N) is 3. The number of hydrogen-bond acceptors (Lipinski definition) is 5. The van der Waals surface area contributed by atoms with E-state index in [0.717, 1.165) is 11.1 Å². The molecule has 6 heteroatoms. The van der Waals surface area contributed by atoms with Crippen LogP contribution in [-0.2, 0) is 0 Å². The van der Waals surface area contributed by atoms with Crippen molar-refractivity contribution in [3.63, 3.8) is 0 Å². The lowest BCUT2D eigenvalue weighted by molar-refractivity contribution is 0.128. The summed E-state index contributed by atoms with van der Waals surface area (Å²) in [5.74, 6) is 0.0659. The number of fused-ring (bicyclic) bond motifs is 1. The van der Waals surface area contributed by atoms with Crippen LogP contribution in [0.2, 0.25) is 0 Å². The van der Waals surface area contributed by atoms with Gasteiger partial charge in [-0.3, -0.25) is 5.41 Å². The predicted octanol–water partition coefficient (Wildman–Crippen LogP) is 1.83. The molecule has 100 valence electrons. The zero-order valence-electron chi connectivity index (χ0n) is 10.7. The zero-order valence-corrected chi connectivity index (χ0v) is 10.7. The molecule has 1 heterocycles. The third kappa shape index (κ3) is 1.87. The summed E-state index contributed by atoms with van der Waals surface area (Å²) in [7, 11) is 0. The quantitative estimate of drug-likeness (QED) is 0.587. The molecule has 6 nitrogen and oxygen atoms in total. The lowest BCUT2D eigenvalue weighted by Crippen LogP contribution is -2.23. The summed E-state index contributed by atoms with van der Waals surface area (Å²) in [5.41, 5.74) is 2.88. The van der Waals surface area contributed by atoms with E-state index in [1.165, 1.54) is 6.07 Å². The third-order valence-electron chi connectivity index (χ3n) is 3.15. The van der Waals surface area contributed by atoms with Gasteiger partial charge in [0.05, 0.1) is 5.52 Å². The first kappa shape index (κ1) is 12.2. The minimum absolute atomic E-state index is 0.0659. The van der Waals surface area contributed by atoms with Gasteiger partial charge in [-0.2, -0.15) is 0 Å². The second-order valence-electron chi connectivity index (χ2n) is 4.50. The van der Waals surface area contributed by atoms with Crippen LogP contribution in [0, 0.1) is 12.3 Å². The Labute approximate surface area is 114 Å². The molecular formula is C14H12N4O2. The molecule has 0 aliphatic carbocycles. The summed E-state index contributed by atoms with van der Waals surface area (Å²) in [6.07, 6.45) is 0. The molecule has 0 saturated carbocycles. The Morgan fingerprint density at radius 2 is 1.85 bits per heavy atom. The minimum Gasteiger partial charge on any atom is -0.507 e. The van der Waals surface area contributed by atoms with Gasteiger partial charge in [-0.05, 0) is 24.1 Å². The van der Waals surface area contributed by atoms with Gasteiger partial charge in [-0.1, -0.05) is 29.1 Å². The first-order chi connectivity index (χ1) is 9.56. The number of aromatic hydroxyl groups is 1. The summed E-state index contributed by atoms with van der Waals surface area (Å²) in [6.45, 7) is 1.95. The van der Waals surface area contributed by atoms with Gasteiger partial charge in [0.2, 0.25) is 0 Å². The molecule has 0 spiro atoms. The molecule has 0 atom stereocenters. The van der Waals surface area contributed by atoms with Crippen molar-refractivity contribution in [1.29, 1.82) is 5.41 Å². The fourth-order valence-corrected chi connectivity index (χ4v) is 2.13. The van der Waals surface area contributed by atoms with Gasteiger partial charge in [0.1, 0.15) is 11.3 Å². The van der Waals surface area contributed by atoms with Crippen molar-refractivity contribution in [2.24, 2.45) is 0 Å². The average molecular weight is 268 g/mol. The fourth-order valence-electron chi connectivity index (χ4n) is 2.13. The summed E-state index contributed by atoms with van der Waals surface area (Å²) in [4.78, 5) is 4.25. The van der Waals surface area contributed by atoms with Gasteiger partial charge in [-0.15, -0.1) is 5.10 Å². The number of aromatic nitrogens is 3. The Morgan fingerprint density at radius 1 is 1.10 bits per heavy atom. The smallest absolute Gasteiger partial charge is 0.277 e. The predicted molar refractivity (Wildman–Crippen MR) is 72.4 cm³/mol. The van der Waals surface area contributed by atoms with Crippen LogP contribution in [-0.4, -0.2) is 25.2 Å². The van der Waals surface area contributed by atoms with E-state index in [9.17, 15) is 10.3 Å². The molecule has 1 aromatic heterocycles. The Morgan fingerprint density at radius 3 is 2.60 bits per heavy atom. The fraction of sp³-hybridized carbons (Fsp3) is 0.0714. The Balaban J connectivity index is 2.33. The molecule has 0 aliphatic rings. The van der Waals surface area contributed by atoms with Crippen LogP contribution in [0.15, 0.2) is 36.4 Å². The van der Waals surface area contributed by atoms with Gasteiger partial charge in [0.25, 0.3) is 5.62 Å². The van der Waals surface area contributed by atoms with E-state index in [2.05, 4.69) is 10.1 Å². The molecule has 0 amide bonds. The van der Waals surface area contributed by atoms with Crippen molar-refractivity contribution < 1.29 is 10.3 Å². The van der Waals surface area contributed by atoms with Crippen molar-refractivity contribution in [2.75, 3.05) is 0 Å². The van der Waals surface area contributed by atoms with E-state index < -0.39 is 0 Å². The number of phenolic OH excluding ortho intramolecular Hbond substituents is 1. The number of nitrogens with one attached hydrogen (secondary N) is 1. The van der Waals surface area contributed by atoms with E-state index in [0.29, 0.717) is 21.4 Å². The molecule has 0 radical (unpaired) electrons. The van der Waals surface area contributed by atoms with Gasteiger partial charge < -0.3 is 10.3 Å². The number of phenols is 1. The standard InChI is InChI=1S/C14H12N4O2/c1-8-4-2-3-5-9(8)10-6-12-11(7-13(10)19)16-14(15)18(20)17-12/h2-7,15,19-20H,1H3. The molecule has 0 aliphatic heterocycles. The molecule has 3 rings (SSSR count). The van der Waals surface area contributed by atoms with Crippen LogP contribution in [0.25, 0.3) is 22.2 Å². The Kier molecular flexibility index (Phi) is 2.64. The number of rotatable bonds is 1. The molecular weight excluding hydrogens is 256 g/mol. The van der Waals surface area contributed by atoms with Crippen molar-refractivity contribution in [3.8, 4) is 16.9 Å². The van der Waals surface area contributed by atoms with Gasteiger partial charge >= 0.3 is 0 Å². The highest BCUT2D eigenvalue weighted by Crippen LogP contribution is 2.33. The highest BCUT2D eigenvalue weighted by atomic mass is 16.5. The lowest BCUT2D eigenvalue weighted by Gasteiger charge is -2.09. The monoisotopic (exact) mass is 268 g/mol. The summed E-state index contributed by atoms with van der Waals surface area (Å²) in [6, 6.07) is 10.7. The number of hydrogen-bond donors (Lipinski definition) is 3. The first-order valence-corrected chi connectivity index (χ1v) is 6.00. The van der Waals surface area contributed by atoms with E-state index in [-0.39, 0.29) is 11.4 Å². The summed E-state index contributed by atoms with van der Waals surface area (Å²) < 4.78 is 0. The van der Waals surface area contributed by atoms with Gasteiger partial charge in [0.15, 0.2) is 0 Å². The largest absolute Gasteiger partial charge is 0.507 e. The lowest BCUT2D eigenvalue weighted by atomic mass is 9.99. The van der Waals surface area contributed by atoms with Gasteiger partial charge in [0, 0.05) is 11.6 Å². The van der Waals surface area contributed by atoms with Crippen molar-refractivity contribution in [1.82, 2.24) is 14.9 Å². The Hall–Kier alpha value is -2.89. The van der Waals surface area contributed by atoms with Crippen molar-refractivity contribution in [2.45, 2.75) is 6.92 Å². The highest BCUT2D eigenvalue weighted by Gasteiger charge is 2.11. The molecule has 0 unspecified atom stereocenters. The van der Waals surface area contributed by atoms with E-state index >= 15 is 0 Å². The highest BCUT2D eigenvalue weighted by molar-refractivity contribution is 5.85. The maximum absolute atomic E-state index is 10.1. The Bertz CT molecular complexity index is 871. The molecule has 0 bridgehead atoms. The van der Waals surface area contributed by atoms with Crippen molar-refractivity contribution >= 4 is 11.0 Å². The average Bonchev–Trinajstić information content (AvgIpc) is 2.41. The van der Waals surface area contributed by atoms with E-state index in [1.54, 1.807) is 6.07 Å². The maximum atomic E-state index is 10.1. The second kappa shape index (κ2) is 4.34. The third-order valence-corrected chi connectivity index (χ3v) is 3.15. The van der Waals surface area contributed by atoms with Crippen LogP contribution in [0.4, 0.5) is 0 Å². The van der Waals surface area contributed by atoms with Crippen molar-refractivity contribution in [3.05, 3.63) is 47.6 Å². The summed E-state index contributed by atoms with van der Waals surface area (Å²) in [5, 5.41) is 30.8. The van der Waals surface area contributed by atoms with Crippen LogP contribution in [0.5, 0.6) is 5.75 Å². The summed E-state index contributed by atoms with van der Waals surface area (Å²) >= 11 is 0. The van der Waals surface area contributed by atoms with Gasteiger partial charge in [-0.25, -0.2) is 4.98 Å². The van der Waals surface area contributed by atoms with Crippen LogP contribution < -0.4 is 5.62 Å². The van der Waals surface area contributed by atoms with Crippen LogP contribution >= 0.6 is 0 Å². The number of aryl methyl sites for hydroxylation is 1. The molecule has 0 saturated heterocycles.